The molecule has 0 aliphatic carbocycles. The maximum Gasteiger partial charge on any atom is 0.450 e. The zero-order valence-electron chi connectivity index (χ0n) is 8.05. The summed E-state index contributed by atoms with van der Waals surface area (Å²) in [5.74, 6) is -0.577. The van der Waals surface area contributed by atoms with Crippen LogP contribution < -0.4 is 0 Å². The Hall–Kier alpha value is -1.83. The number of aromatic nitrogens is 1. The van der Waals surface area contributed by atoms with Crippen LogP contribution in [0.4, 0.5) is 10.6 Å². The molecule has 0 radical (unpaired) electrons. The van der Waals surface area contributed by atoms with Crippen molar-refractivity contribution < 1.29 is 19.4 Å². The molecule has 0 fully saturated rings. The van der Waals surface area contributed by atoms with Crippen molar-refractivity contribution in [3.05, 3.63) is 22.3 Å². The Morgan fingerprint density at radius 3 is 2.81 bits per heavy atom. The molecule has 0 aliphatic rings. The summed E-state index contributed by atoms with van der Waals surface area (Å²) in [7, 11) is 1.23. The number of carboxylic acid groups (broad SMARTS) is 1. The second-order valence-electron chi connectivity index (χ2n) is 2.50. The van der Waals surface area contributed by atoms with Crippen LogP contribution in [-0.2, 0) is 4.74 Å². The van der Waals surface area contributed by atoms with Gasteiger partial charge in [0.1, 0.15) is 0 Å². The van der Waals surface area contributed by atoms with E-state index in [4.69, 9.17) is 5.11 Å². The number of hydrogen-bond acceptors (Lipinski definition) is 5. The van der Waals surface area contributed by atoms with Gasteiger partial charge in [0.25, 0.3) is 0 Å². The molecule has 84 valence electrons. The van der Waals surface area contributed by atoms with Crippen LogP contribution in [0.1, 0.15) is 10.4 Å². The van der Waals surface area contributed by atoms with Gasteiger partial charge in [-0.25, -0.2) is 14.6 Å². The molecule has 1 aromatic rings. The molecule has 1 heterocycles. The minimum absolute atomic E-state index is 0.00556. The molecule has 1 N–H and O–H groups in total. The zero-order valence-corrected chi connectivity index (χ0v) is 9.63. The van der Waals surface area contributed by atoms with Crippen LogP contribution in [0.2, 0.25) is 0 Å². The Balaban J connectivity index is 3.07. The first-order chi connectivity index (χ1) is 7.54. The quantitative estimate of drug-likeness (QED) is 0.665. The maximum absolute atomic E-state index is 11.3. The molecule has 0 bridgehead atoms. The van der Waals surface area contributed by atoms with Crippen molar-refractivity contribution in [3.8, 4) is 0 Å². The van der Waals surface area contributed by atoms with E-state index in [-0.39, 0.29) is 11.4 Å². The van der Waals surface area contributed by atoms with E-state index in [1.807, 2.05) is 0 Å². The topological polar surface area (TPSA) is 101 Å². The Bertz CT molecular complexity index is 461. The van der Waals surface area contributed by atoms with Crippen LogP contribution in [-0.4, -0.2) is 29.3 Å². The second-order valence-corrected chi connectivity index (χ2v) is 3.35. The number of rotatable bonds is 2. The standard InChI is InChI=1S/C8H6BrN3O4/c1-16-7(13)4-2-6(10-3-5(4)9)11-12-8(14)15/h2-3H,1H3,(H,14,15). The number of azo groups is 1. The van der Waals surface area contributed by atoms with E-state index in [0.717, 1.165) is 0 Å². The molecular weight excluding hydrogens is 282 g/mol. The van der Waals surface area contributed by atoms with Crippen molar-refractivity contribution in [2.75, 3.05) is 7.11 Å². The third-order valence-corrected chi connectivity index (χ3v) is 2.12. The normalized spacial score (nSPS) is 10.4. The minimum atomic E-state index is -1.44. The van der Waals surface area contributed by atoms with Crippen molar-refractivity contribution in [1.29, 1.82) is 0 Å². The fourth-order valence-electron chi connectivity index (χ4n) is 0.843. The van der Waals surface area contributed by atoms with Crippen LogP contribution in [0, 0.1) is 0 Å². The first-order valence-corrected chi connectivity index (χ1v) is 4.72. The van der Waals surface area contributed by atoms with E-state index >= 15 is 0 Å². The molecular formula is C8H6BrN3O4. The Kier molecular flexibility index (Phi) is 4.06. The van der Waals surface area contributed by atoms with Gasteiger partial charge in [0.2, 0.25) is 0 Å². The molecule has 16 heavy (non-hydrogen) atoms. The predicted octanol–water partition coefficient (Wildman–Crippen LogP) is 2.39. The maximum atomic E-state index is 11.3. The zero-order chi connectivity index (χ0) is 12.1. The molecule has 8 heteroatoms. The van der Waals surface area contributed by atoms with Crippen molar-refractivity contribution in [1.82, 2.24) is 4.98 Å². The predicted molar refractivity (Wildman–Crippen MR) is 55.8 cm³/mol. The van der Waals surface area contributed by atoms with Gasteiger partial charge >= 0.3 is 12.1 Å². The number of halogens is 1. The lowest BCUT2D eigenvalue weighted by Gasteiger charge is -2.01. The Morgan fingerprint density at radius 2 is 2.25 bits per heavy atom. The number of ether oxygens (including phenoxy) is 1. The van der Waals surface area contributed by atoms with Crippen LogP contribution in [0.3, 0.4) is 0 Å². The summed E-state index contributed by atoms with van der Waals surface area (Å²) >= 11 is 3.10. The summed E-state index contributed by atoms with van der Waals surface area (Å²) in [6.45, 7) is 0. The number of hydrogen-bond donors (Lipinski definition) is 1. The smallest absolute Gasteiger partial charge is 0.450 e. The van der Waals surface area contributed by atoms with Gasteiger partial charge in [0, 0.05) is 12.3 Å². The van der Waals surface area contributed by atoms with Crippen LogP contribution in [0.15, 0.2) is 27.0 Å². The second kappa shape index (κ2) is 5.31. The van der Waals surface area contributed by atoms with Gasteiger partial charge in [-0.1, -0.05) is 5.11 Å². The Morgan fingerprint density at radius 1 is 1.56 bits per heavy atom. The van der Waals surface area contributed by atoms with Crippen molar-refractivity contribution in [2.24, 2.45) is 10.2 Å². The molecule has 7 nitrogen and oxygen atoms in total. The van der Waals surface area contributed by atoms with Crippen LogP contribution >= 0.6 is 15.9 Å². The summed E-state index contributed by atoms with van der Waals surface area (Å²) in [5, 5.41) is 14.4. The van der Waals surface area contributed by atoms with E-state index < -0.39 is 12.1 Å². The van der Waals surface area contributed by atoms with Gasteiger partial charge in [-0.2, -0.15) is 0 Å². The molecule has 0 spiro atoms. The Labute approximate surface area is 98.3 Å². The third-order valence-electron chi connectivity index (χ3n) is 1.48. The highest BCUT2D eigenvalue weighted by atomic mass is 79.9. The number of carbonyl (C=O) groups excluding carboxylic acids is 1. The summed E-state index contributed by atoms with van der Waals surface area (Å²) in [6, 6.07) is 1.27. The molecule has 1 aromatic heterocycles. The van der Waals surface area contributed by atoms with Gasteiger partial charge in [-0.15, -0.1) is 5.11 Å². The van der Waals surface area contributed by atoms with Gasteiger partial charge in [-0.05, 0) is 15.9 Å². The molecule has 0 aromatic carbocycles. The first kappa shape index (κ1) is 12.2. The first-order valence-electron chi connectivity index (χ1n) is 3.93. The van der Waals surface area contributed by atoms with E-state index in [1.54, 1.807) is 0 Å². The monoisotopic (exact) mass is 287 g/mol. The fraction of sp³-hybridized carbons (Fsp3) is 0.125. The van der Waals surface area contributed by atoms with Crippen molar-refractivity contribution >= 4 is 33.8 Å². The summed E-state index contributed by atoms with van der Waals surface area (Å²) in [6.07, 6.45) is -0.132. The van der Waals surface area contributed by atoms with Crippen LogP contribution in [0.5, 0.6) is 0 Å². The van der Waals surface area contributed by atoms with Gasteiger partial charge in [0.05, 0.1) is 17.1 Å². The van der Waals surface area contributed by atoms with Crippen LogP contribution in [0.25, 0.3) is 0 Å². The highest BCUT2D eigenvalue weighted by Gasteiger charge is 2.11. The lowest BCUT2D eigenvalue weighted by Crippen LogP contribution is -2.02. The third kappa shape index (κ3) is 3.09. The molecule has 0 atom stereocenters. The number of amides is 1. The van der Waals surface area contributed by atoms with E-state index in [1.165, 1.54) is 19.4 Å². The highest BCUT2D eigenvalue weighted by molar-refractivity contribution is 9.10. The molecule has 0 unspecified atom stereocenters. The van der Waals surface area contributed by atoms with E-state index in [2.05, 4.69) is 35.9 Å². The van der Waals surface area contributed by atoms with E-state index in [0.29, 0.717) is 4.47 Å². The average Bonchev–Trinajstić information content (AvgIpc) is 2.27. The molecule has 0 aliphatic heterocycles. The van der Waals surface area contributed by atoms with Gasteiger partial charge in [-0.3, -0.25) is 0 Å². The summed E-state index contributed by atoms with van der Waals surface area (Å²) in [4.78, 5) is 25.1. The van der Waals surface area contributed by atoms with Gasteiger partial charge < -0.3 is 9.84 Å². The highest BCUT2D eigenvalue weighted by Crippen LogP contribution is 2.21. The lowest BCUT2D eigenvalue weighted by molar-refractivity contribution is 0.0599. The van der Waals surface area contributed by atoms with E-state index in [9.17, 15) is 9.59 Å². The number of carbonyl (C=O) groups is 2. The average molecular weight is 288 g/mol. The largest absolute Gasteiger partial charge is 0.465 e. The lowest BCUT2D eigenvalue weighted by atomic mass is 10.2. The summed E-state index contributed by atoms with van der Waals surface area (Å²) in [5.41, 5.74) is 0.192. The fourth-order valence-corrected chi connectivity index (χ4v) is 1.22. The number of methoxy groups -OCH3 is 1. The minimum Gasteiger partial charge on any atom is -0.465 e. The molecule has 1 amide bonds. The van der Waals surface area contributed by atoms with Crippen molar-refractivity contribution in [3.63, 3.8) is 0 Å². The number of nitrogens with zero attached hydrogens (tertiary/aromatic N) is 3. The van der Waals surface area contributed by atoms with Gasteiger partial charge in [0.15, 0.2) is 5.82 Å². The van der Waals surface area contributed by atoms with Crippen molar-refractivity contribution in [2.45, 2.75) is 0 Å². The summed E-state index contributed by atoms with van der Waals surface area (Å²) < 4.78 is 4.94. The molecule has 1 rings (SSSR count). The number of esters is 1. The molecule has 0 saturated heterocycles. The SMILES string of the molecule is COC(=O)c1cc(N=NC(=O)O)ncc1Br. The molecule has 0 saturated carbocycles. The number of pyridine rings is 1.